The fourth-order valence-electron chi connectivity index (χ4n) is 4.94. The summed E-state index contributed by atoms with van der Waals surface area (Å²) >= 11 is 3.98. The van der Waals surface area contributed by atoms with Crippen molar-refractivity contribution in [1.82, 2.24) is 5.32 Å². The van der Waals surface area contributed by atoms with Crippen LogP contribution in [-0.2, 0) is 4.79 Å². The second kappa shape index (κ2) is 4.22. The molecule has 19 heavy (non-hydrogen) atoms. The molecule has 4 bridgehead atoms. The van der Waals surface area contributed by atoms with Gasteiger partial charge in [-0.25, -0.2) is 0 Å². The summed E-state index contributed by atoms with van der Waals surface area (Å²) in [5.41, 5.74) is -0.139. The van der Waals surface area contributed by atoms with Gasteiger partial charge in [-0.15, -0.1) is 0 Å². The normalized spacial score (nSPS) is 44.4. The molecule has 0 aromatic heterocycles. The van der Waals surface area contributed by atoms with Crippen molar-refractivity contribution < 1.29 is 4.79 Å². The van der Waals surface area contributed by atoms with Crippen molar-refractivity contribution in [3.05, 3.63) is 0 Å². The Kier molecular flexibility index (Phi) is 3.09. The van der Waals surface area contributed by atoms with E-state index < -0.39 is 0 Å². The van der Waals surface area contributed by atoms with Crippen LogP contribution in [0.5, 0.6) is 0 Å². The molecule has 4 saturated carbocycles. The lowest BCUT2D eigenvalue weighted by Gasteiger charge is -2.59. The van der Waals surface area contributed by atoms with Crippen LogP contribution in [-0.4, -0.2) is 15.8 Å². The van der Waals surface area contributed by atoms with E-state index in [1.165, 1.54) is 19.3 Å². The van der Waals surface area contributed by atoms with Crippen LogP contribution >= 0.6 is 15.9 Å². The van der Waals surface area contributed by atoms with E-state index in [4.69, 9.17) is 0 Å². The Hall–Kier alpha value is -0.0500. The third-order valence-electron chi connectivity index (χ3n) is 5.81. The minimum Gasteiger partial charge on any atom is -0.351 e. The van der Waals surface area contributed by atoms with E-state index in [-0.39, 0.29) is 15.3 Å². The Balaban J connectivity index is 1.82. The van der Waals surface area contributed by atoms with Crippen molar-refractivity contribution in [2.45, 2.75) is 75.6 Å². The molecular formula is C16H26BrNO. The molecule has 1 amide bonds. The first-order chi connectivity index (χ1) is 8.76. The zero-order valence-corrected chi connectivity index (χ0v) is 14.0. The molecule has 1 N–H and O–H groups in total. The SMILES string of the molecule is CCC(C)(C)NC(=O)C12C[C@@H]3C[C@@H](CC(Br)(C3)C1)C2. The van der Waals surface area contributed by atoms with Gasteiger partial charge in [0.25, 0.3) is 0 Å². The number of carbonyl (C=O) groups is 1. The molecule has 4 rings (SSSR count). The van der Waals surface area contributed by atoms with E-state index in [0.717, 1.165) is 37.5 Å². The third kappa shape index (κ3) is 2.36. The van der Waals surface area contributed by atoms with Gasteiger partial charge >= 0.3 is 0 Å². The van der Waals surface area contributed by atoms with Crippen molar-refractivity contribution in [1.29, 1.82) is 0 Å². The van der Waals surface area contributed by atoms with Crippen LogP contribution < -0.4 is 5.32 Å². The minimum atomic E-state index is -0.0696. The van der Waals surface area contributed by atoms with Crippen LogP contribution in [0, 0.1) is 17.3 Å². The Labute approximate surface area is 125 Å². The first-order valence-electron chi connectivity index (χ1n) is 7.77. The summed E-state index contributed by atoms with van der Waals surface area (Å²) in [7, 11) is 0. The number of nitrogens with one attached hydrogen (secondary N) is 1. The molecule has 0 saturated heterocycles. The average molecular weight is 328 g/mol. The molecule has 2 unspecified atom stereocenters. The van der Waals surface area contributed by atoms with Crippen molar-refractivity contribution in [3.63, 3.8) is 0 Å². The number of amides is 1. The summed E-state index contributed by atoms with van der Waals surface area (Å²) in [6, 6.07) is 0. The fraction of sp³-hybridized carbons (Fsp3) is 0.938. The molecule has 0 spiro atoms. The number of halogens is 1. The Morgan fingerprint density at radius 1 is 1.26 bits per heavy atom. The van der Waals surface area contributed by atoms with Gasteiger partial charge in [0.1, 0.15) is 0 Å². The van der Waals surface area contributed by atoms with E-state index in [2.05, 4.69) is 42.0 Å². The first-order valence-corrected chi connectivity index (χ1v) is 8.57. The maximum atomic E-state index is 12.9. The van der Waals surface area contributed by atoms with Crippen molar-refractivity contribution in [2.24, 2.45) is 17.3 Å². The zero-order chi connectivity index (χ0) is 13.9. The molecule has 4 aliphatic carbocycles. The van der Waals surface area contributed by atoms with Gasteiger partial charge < -0.3 is 5.32 Å². The summed E-state index contributed by atoms with van der Waals surface area (Å²) in [5, 5.41) is 3.32. The van der Waals surface area contributed by atoms with Gasteiger partial charge in [-0.1, -0.05) is 22.9 Å². The molecule has 0 aliphatic heterocycles. The van der Waals surface area contributed by atoms with Crippen LogP contribution in [0.3, 0.4) is 0 Å². The lowest BCUT2D eigenvalue weighted by molar-refractivity contribution is -0.145. The number of alkyl halides is 1. The predicted molar refractivity (Wildman–Crippen MR) is 81.3 cm³/mol. The standard InChI is InChI=1S/C16H26BrNO/c1-4-14(2,3)18-13(19)15-6-11-5-12(7-15)9-16(17,8-11)10-15/h11-12H,4-10H2,1-3H3,(H,18,19)/t11-,12+,15?,16?. The van der Waals surface area contributed by atoms with Gasteiger partial charge in [0.2, 0.25) is 5.91 Å². The van der Waals surface area contributed by atoms with Gasteiger partial charge in [-0.2, -0.15) is 0 Å². The largest absolute Gasteiger partial charge is 0.351 e. The summed E-state index contributed by atoms with van der Waals surface area (Å²) in [6.07, 6.45) is 8.23. The van der Waals surface area contributed by atoms with E-state index in [0.29, 0.717) is 5.91 Å². The number of rotatable bonds is 3. The Bertz CT molecular complexity index is 390. The lowest BCUT2D eigenvalue weighted by Crippen LogP contribution is -2.60. The smallest absolute Gasteiger partial charge is 0.226 e. The highest BCUT2D eigenvalue weighted by Crippen LogP contribution is 2.64. The highest BCUT2D eigenvalue weighted by Gasteiger charge is 2.60. The third-order valence-corrected chi connectivity index (χ3v) is 6.74. The van der Waals surface area contributed by atoms with Crippen LogP contribution in [0.25, 0.3) is 0 Å². The van der Waals surface area contributed by atoms with Gasteiger partial charge in [0.05, 0.1) is 5.41 Å². The predicted octanol–water partition coefficient (Wildman–Crippen LogP) is 4.03. The van der Waals surface area contributed by atoms with Crippen molar-refractivity contribution >= 4 is 21.8 Å². The number of carbonyl (C=O) groups excluding carboxylic acids is 1. The van der Waals surface area contributed by atoms with Crippen LogP contribution in [0.15, 0.2) is 0 Å². The molecule has 4 atom stereocenters. The molecule has 0 heterocycles. The Morgan fingerprint density at radius 2 is 1.84 bits per heavy atom. The topological polar surface area (TPSA) is 29.1 Å². The molecular weight excluding hydrogens is 302 g/mol. The first kappa shape index (κ1) is 13.9. The zero-order valence-electron chi connectivity index (χ0n) is 12.4. The molecule has 0 radical (unpaired) electrons. The van der Waals surface area contributed by atoms with Crippen LogP contribution in [0.2, 0.25) is 0 Å². The number of hydrogen-bond donors (Lipinski definition) is 1. The summed E-state index contributed by atoms with van der Waals surface area (Å²) < 4.78 is 0.269. The molecule has 0 aromatic rings. The van der Waals surface area contributed by atoms with Gasteiger partial charge in [-0.3, -0.25) is 4.79 Å². The van der Waals surface area contributed by atoms with Crippen molar-refractivity contribution in [2.75, 3.05) is 0 Å². The highest BCUT2D eigenvalue weighted by molar-refractivity contribution is 9.10. The van der Waals surface area contributed by atoms with Crippen LogP contribution in [0.4, 0.5) is 0 Å². The molecule has 108 valence electrons. The van der Waals surface area contributed by atoms with E-state index in [9.17, 15) is 4.79 Å². The Morgan fingerprint density at radius 3 is 2.32 bits per heavy atom. The maximum Gasteiger partial charge on any atom is 0.226 e. The average Bonchev–Trinajstić information content (AvgIpc) is 2.25. The molecule has 3 heteroatoms. The number of hydrogen-bond acceptors (Lipinski definition) is 1. The second-order valence-corrected chi connectivity index (χ2v) is 9.77. The van der Waals surface area contributed by atoms with Gasteiger partial charge in [-0.05, 0) is 70.6 Å². The van der Waals surface area contributed by atoms with Gasteiger partial charge in [0, 0.05) is 9.86 Å². The maximum absolute atomic E-state index is 12.9. The van der Waals surface area contributed by atoms with Gasteiger partial charge in [0.15, 0.2) is 0 Å². The summed E-state index contributed by atoms with van der Waals surface area (Å²) in [5.74, 6) is 1.88. The van der Waals surface area contributed by atoms with Crippen molar-refractivity contribution in [3.8, 4) is 0 Å². The van der Waals surface area contributed by atoms with E-state index in [1.807, 2.05) is 0 Å². The molecule has 0 aromatic carbocycles. The van der Waals surface area contributed by atoms with E-state index >= 15 is 0 Å². The monoisotopic (exact) mass is 327 g/mol. The molecule has 4 aliphatic rings. The lowest BCUT2D eigenvalue weighted by atomic mass is 9.49. The summed E-state index contributed by atoms with van der Waals surface area (Å²) in [6.45, 7) is 6.41. The quantitative estimate of drug-likeness (QED) is 0.779. The molecule has 2 nitrogen and oxygen atoms in total. The second-order valence-electron chi connectivity index (χ2n) is 8.08. The highest BCUT2D eigenvalue weighted by atomic mass is 79.9. The van der Waals surface area contributed by atoms with Crippen LogP contribution in [0.1, 0.15) is 65.7 Å². The van der Waals surface area contributed by atoms with E-state index in [1.54, 1.807) is 0 Å². The fourth-order valence-corrected chi connectivity index (χ4v) is 6.40. The molecule has 4 fully saturated rings. The minimum absolute atomic E-state index is 0.0694. The summed E-state index contributed by atoms with van der Waals surface area (Å²) in [4.78, 5) is 12.9.